The highest BCUT2D eigenvalue weighted by molar-refractivity contribution is 6.30. The maximum atomic E-state index is 5.86. The highest BCUT2D eigenvalue weighted by Gasteiger charge is 2.15. The predicted octanol–water partition coefficient (Wildman–Crippen LogP) is 3.44. The molecule has 0 saturated carbocycles. The number of hydrogen-bond donors (Lipinski definition) is 1. The van der Waals surface area contributed by atoms with E-state index in [1.807, 2.05) is 19.2 Å². The van der Waals surface area contributed by atoms with Crippen LogP contribution in [0.3, 0.4) is 0 Å². The van der Waals surface area contributed by atoms with Gasteiger partial charge in [-0.05, 0) is 44.0 Å². The summed E-state index contributed by atoms with van der Waals surface area (Å²) >= 11 is 5.86. The zero-order valence-electron chi connectivity index (χ0n) is 9.05. The third kappa shape index (κ3) is 2.73. The molecular formula is C12H18ClN. The minimum Gasteiger partial charge on any atom is -0.317 e. The molecule has 0 spiro atoms. The highest BCUT2D eigenvalue weighted by atomic mass is 35.5. The molecule has 0 saturated heterocycles. The lowest BCUT2D eigenvalue weighted by molar-refractivity contribution is 0.483. The SMILES string of the molecule is CCC(c1ccc(Cl)cc1)C(C)NC. The average Bonchev–Trinajstić information content (AvgIpc) is 2.21. The minimum absolute atomic E-state index is 0.501. The zero-order chi connectivity index (χ0) is 10.6. The lowest BCUT2D eigenvalue weighted by Crippen LogP contribution is -2.28. The van der Waals surface area contributed by atoms with Crippen molar-refractivity contribution in [2.24, 2.45) is 0 Å². The second kappa shape index (κ2) is 5.38. The van der Waals surface area contributed by atoms with Crippen LogP contribution >= 0.6 is 11.6 Å². The molecule has 2 heteroatoms. The number of likely N-dealkylation sites (N-methyl/N-ethyl adjacent to an activating group) is 1. The Morgan fingerprint density at radius 3 is 2.29 bits per heavy atom. The lowest BCUT2D eigenvalue weighted by atomic mass is 9.90. The summed E-state index contributed by atoms with van der Waals surface area (Å²) in [7, 11) is 2.00. The summed E-state index contributed by atoms with van der Waals surface area (Å²) < 4.78 is 0. The molecule has 0 aliphatic rings. The molecule has 0 bridgehead atoms. The van der Waals surface area contributed by atoms with Crippen LogP contribution in [0.4, 0.5) is 0 Å². The Balaban J connectivity index is 2.84. The first kappa shape index (κ1) is 11.5. The molecule has 0 amide bonds. The number of nitrogens with one attached hydrogen (secondary N) is 1. The van der Waals surface area contributed by atoms with Crippen molar-refractivity contribution in [3.05, 3.63) is 34.9 Å². The van der Waals surface area contributed by atoms with Crippen molar-refractivity contribution in [2.45, 2.75) is 32.2 Å². The Morgan fingerprint density at radius 1 is 1.29 bits per heavy atom. The molecule has 14 heavy (non-hydrogen) atoms. The molecule has 1 rings (SSSR count). The molecule has 78 valence electrons. The van der Waals surface area contributed by atoms with E-state index in [0.717, 1.165) is 11.4 Å². The van der Waals surface area contributed by atoms with Crippen molar-refractivity contribution in [1.29, 1.82) is 0 Å². The Labute approximate surface area is 91.5 Å². The number of rotatable bonds is 4. The summed E-state index contributed by atoms with van der Waals surface area (Å²) in [4.78, 5) is 0. The van der Waals surface area contributed by atoms with Gasteiger partial charge in [-0.3, -0.25) is 0 Å². The van der Waals surface area contributed by atoms with Gasteiger partial charge in [0.25, 0.3) is 0 Å². The van der Waals surface area contributed by atoms with Crippen molar-refractivity contribution in [2.75, 3.05) is 7.05 Å². The van der Waals surface area contributed by atoms with Gasteiger partial charge in [-0.15, -0.1) is 0 Å². The van der Waals surface area contributed by atoms with Gasteiger partial charge < -0.3 is 5.32 Å². The largest absolute Gasteiger partial charge is 0.317 e. The second-order valence-electron chi connectivity index (χ2n) is 3.64. The Kier molecular flexibility index (Phi) is 4.43. The summed E-state index contributed by atoms with van der Waals surface area (Å²) in [5.74, 6) is 0.567. The third-order valence-electron chi connectivity index (χ3n) is 2.80. The van der Waals surface area contributed by atoms with E-state index in [2.05, 4.69) is 31.3 Å². The number of benzene rings is 1. The van der Waals surface area contributed by atoms with Crippen LogP contribution in [-0.4, -0.2) is 13.1 Å². The van der Waals surface area contributed by atoms with E-state index in [9.17, 15) is 0 Å². The van der Waals surface area contributed by atoms with Crippen LogP contribution in [0.2, 0.25) is 5.02 Å². The highest BCUT2D eigenvalue weighted by Crippen LogP contribution is 2.24. The molecule has 1 nitrogen and oxygen atoms in total. The smallest absolute Gasteiger partial charge is 0.0406 e. The van der Waals surface area contributed by atoms with Crippen molar-refractivity contribution in [1.82, 2.24) is 5.32 Å². The van der Waals surface area contributed by atoms with Crippen molar-refractivity contribution in [3.8, 4) is 0 Å². The van der Waals surface area contributed by atoms with Gasteiger partial charge in [0.2, 0.25) is 0 Å². The first-order chi connectivity index (χ1) is 6.69. The molecule has 0 fully saturated rings. The van der Waals surface area contributed by atoms with E-state index >= 15 is 0 Å². The molecule has 0 aliphatic carbocycles. The fourth-order valence-electron chi connectivity index (χ4n) is 1.79. The Bertz CT molecular complexity index is 268. The molecule has 2 atom stereocenters. The van der Waals surface area contributed by atoms with E-state index in [1.54, 1.807) is 0 Å². The molecule has 0 heterocycles. The summed E-state index contributed by atoms with van der Waals surface area (Å²) in [5, 5.41) is 4.10. The molecule has 1 aromatic carbocycles. The molecule has 0 radical (unpaired) electrons. The van der Waals surface area contributed by atoms with Crippen LogP contribution in [-0.2, 0) is 0 Å². The molecule has 0 aliphatic heterocycles. The van der Waals surface area contributed by atoms with Crippen LogP contribution < -0.4 is 5.32 Å². The molecular weight excluding hydrogens is 194 g/mol. The maximum Gasteiger partial charge on any atom is 0.0406 e. The van der Waals surface area contributed by atoms with Gasteiger partial charge in [-0.25, -0.2) is 0 Å². The van der Waals surface area contributed by atoms with Crippen molar-refractivity contribution in [3.63, 3.8) is 0 Å². The van der Waals surface area contributed by atoms with Gasteiger partial charge in [-0.1, -0.05) is 30.7 Å². The average molecular weight is 212 g/mol. The van der Waals surface area contributed by atoms with Crippen LogP contribution in [0, 0.1) is 0 Å². The van der Waals surface area contributed by atoms with E-state index in [-0.39, 0.29) is 0 Å². The Morgan fingerprint density at radius 2 is 1.86 bits per heavy atom. The quantitative estimate of drug-likeness (QED) is 0.805. The summed E-state index contributed by atoms with van der Waals surface area (Å²) in [6.07, 6.45) is 1.14. The first-order valence-electron chi connectivity index (χ1n) is 5.11. The maximum absolute atomic E-state index is 5.86. The first-order valence-corrected chi connectivity index (χ1v) is 5.49. The minimum atomic E-state index is 0.501. The zero-order valence-corrected chi connectivity index (χ0v) is 9.81. The molecule has 1 N–H and O–H groups in total. The normalized spacial score (nSPS) is 15.1. The summed E-state index contributed by atoms with van der Waals surface area (Å²) in [6, 6.07) is 8.65. The van der Waals surface area contributed by atoms with E-state index in [1.165, 1.54) is 5.56 Å². The summed E-state index contributed by atoms with van der Waals surface area (Å²) in [5.41, 5.74) is 1.36. The van der Waals surface area contributed by atoms with Crippen LogP contribution in [0.25, 0.3) is 0 Å². The van der Waals surface area contributed by atoms with Crippen LogP contribution in [0.5, 0.6) is 0 Å². The molecule has 1 aromatic rings. The monoisotopic (exact) mass is 211 g/mol. The second-order valence-corrected chi connectivity index (χ2v) is 4.08. The standard InChI is InChI=1S/C12H18ClN/c1-4-12(9(2)14-3)10-5-7-11(13)8-6-10/h5-9,12,14H,4H2,1-3H3. The van der Waals surface area contributed by atoms with Gasteiger partial charge in [-0.2, -0.15) is 0 Å². The number of hydrogen-bond acceptors (Lipinski definition) is 1. The lowest BCUT2D eigenvalue weighted by Gasteiger charge is -2.22. The van der Waals surface area contributed by atoms with E-state index in [4.69, 9.17) is 11.6 Å². The van der Waals surface area contributed by atoms with Gasteiger partial charge in [0.05, 0.1) is 0 Å². The predicted molar refractivity (Wildman–Crippen MR) is 63.0 cm³/mol. The van der Waals surface area contributed by atoms with E-state index < -0.39 is 0 Å². The molecule has 2 unspecified atom stereocenters. The molecule has 0 aromatic heterocycles. The Hall–Kier alpha value is -0.530. The van der Waals surface area contributed by atoms with Crippen molar-refractivity contribution < 1.29 is 0 Å². The van der Waals surface area contributed by atoms with Crippen LogP contribution in [0.1, 0.15) is 31.7 Å². The van der Waals surface area contributed by atoms with Crippen molar-refractivity contribution >= 4 is 11.6 Å². The fourth-order valence-corrected chi connectivity index (χ4v) is 1.92. The van der Waals surface area contributed by atoms with Gasteiger partial charge >= 0.3 is 0 Å². The summed E-state index contributed by atoms with van der Waals surface area (Å²) in [6.45, 7) is 4.43. The number of halogens is 1. The van der Waals surface area contributed by atoms with Gasteiger partial charge in [0.1, 0.15) is 0 Å². The van der Waals surface area contributed by atoms with Crippen LogP contribution in [0.15, 0.2) is 24.3 Å². The fraction of sp³-hybridized carbons (Fsp3) is 0.500. The van der Waals surface area contributed by atoms with Gasteiger partial charge in [0, 0.05) is 11.1 Å². The van der Waals surface area contributed by atoms with E-state index in [0.29, 0.717) is 12.0 Å². The third-order valence-corrected chi connectivity index (χ3v) is 3.05. The topological polar surface area (TPSA) is 12.0 Å². The van der Waals surface area contributed by atoms with Gasteiger partial charge in [0.15, 0.2) is 0 Å².